The van der Waals surface area contributed by atoms with Crippen LogP contribution in [0.1, 0.15) is 32.7 Å². The van der Waals surface area contributed by atoms with Gasteiger partial charge in [-0.15, -0.1) is 0 Å². The van der Waals surface area contributed by atoms with Gasteiger partial charge in [0.15, 0.2) is 17.5 Å². The number of carbonyl (C=O) groups excluding carboxylic acids is 3. The molecule has 0 saturated carbocycles. The Morgan fingerprint density at radius 3 is 2.19 bits per heavy atom. The number of amides is 2. The van der Waals surface area contributed by atoms with E-state index in [1.54, 1.807) is 6.07 Å². The SMILES string of the molecule is N=C(N)Nc1ccc2c(c1)CCCOc1c(cccc1C(=O)N(CC(=O)O)CC(=O)N(CC(=O)O)CC(=O)O)OC2=O. The molecule has 0 spiro atoms. The van der Waals surface area contributed by atoms with Crippen LogP contribution in [0.3, 0.4) is 0 Å². The fourth-order valence-corrected chi connectivity index (χ4v) is 4.09. The van der Waals surface area contributed by atoms with E-state index in [-0.39, 0.29) is 35.2 Å². The Bertz CT molecular complexity index is 1430. The van der Waals surface area contributed by atoms with Gasteiger partial charge in [-0.25, -0.2) is 4.79 Å². The van der Waals surface area contributed by atoms with Gasteiger partial charge in [0, 0.05) is 5.69 Å². The standard InChI is InChI=1S/C26H27N5O11/c27-26(28)29-15-6-7-16-14(9-15)3-2-8-41-23-17(4-1-5-18(23)42-25(16)40)24(39)31(13-22(37)38)10-19(32)30(11-20(33)34)12-21(35)36/h1,4-7,9H,2-3,8,10-13H2,(H,33,34)(H,35,36)(H,37,38)(H4,27,28,29). The highest BCUT2D eigenvalue weighted by Crippen LogP contribution is 2.34. The minimum Gasteiger partial charge on any atom is -0.489 e. The van der Waals surface area contributed by atoms with Gasteiger partial charge in [-0.2, -0.15) is 0 Å². The van der Waals surface area contributed by atoms with E-state index in [2.05, 4.69) is 5.32 Å². The number of aryl methyl sites for hydroxylation is 1. The maximum absolute atomic E-state index is 13.5. The van der Waals surface area contributed by atoms with E-state index in [4.69, 9.17) is 30.8 Å². The summed E-state index contributed by atoms with van der Waals surface area (Å²) in [5.74, 6) is -8.11. The predicted octanol–water partition coefficient (Wildman–Crippen LogP) is 0.0608. The Kier molecular flexibility index (Phi) is 10.00. The van der Waals surface area contributed by atoms with Crippen molar-refractivity contribution in [1.82, 2.24) is 9.80 Å². The fraction of sp³-hybridized carbons (Fsp3) is 0.269. The smallest absolute Gasteiger partial charge is 0.343 e. The van der Waals surface area contributed by atoms with Crippen LogP contribution in [0, 0.1) is 5.41 Å². The third-order valence-corrected chi connectivity index (χ3v) is 5.80. The summed E-state index contributed by atoms with van der Waals surface area (Å²) in [6.07, 6.45) is 0.703. The van der Waals surface area contributed by atoms with E-state index in [9.17, 15) is 33.9 Å². The molecule has 1 aliphatic heterocycles. The van der Waals surface area contributed by atoms with Crippen LogP contribution in [0.15, 0.2) is 36.4 Å². The van der Waals surface area contributed by atoms with Gasteiger partial charge in [0.1, 0.15) is 26.2 Å². The predicted molar refractivity (Wildman–Crippen MR) is 143 cm³/mol. The second-order valence-corrected chi connectivity index (χ2v) is 8.98. The lowest BCUT2D eigenvalue weighted by molar-refractivity contribution is -0.150. The highest BCUT2D eigenvalue weighted by Gasteiger charge is 2.30. The van der Waals surface area contributed by atoms with Crippen molar-refractivity contribution in [2.45, 2.75) is 12.8 Å². The molecule has 0 aromatic heterocycles. The largest absolute Gasteiger partial charge is 0.489 e. The van der Waals surface area contributed by atoms with Gasteiger partial charge in [-0.1, -0.05) is 6.07 Å². The Morgan fingerprint density at radius 2 is 1.57 bits per heavy atom. The van der Waals surface area contributed by atoms with Gasteiger partial charge in [-0.3, -0.25) is 29.4 Å². The van der Waals surface area contributed by atoms with Crippen LogP contribution in [0.4, 0.5) is 5.69 Å². The molecule has 16 heteroatoms. The number of hydrogen-bond acceptors (Lipinski definition) is 9. The maximum Gasteiger partial charge on any atom is 0.343 e. The number of fused-ring (bicyclic) bond motifs is 2. The molecular weight excluding hydrogens is 558 g/mol. The third kappa shape index (κ3) is 8.17. The number of nitrogens with one attached hydrogen (secondary N) is 2. The Labute approximate surface area is 237 Å². The molecule has 1 heterocycles. The van der Waals surface area contributed by atoms with Crippen LogP contribution < -0.4 is 20.5 Å². The quantitative estimate of drug-likeness (QED) is 0.0935. The maximum atomic E-state index is 13.5. The lowest BCUT2D eigenvalue weighted by Gasteiger charge is -2.26. The number of para-hydroxylation sites is 1. The van der Waals surface area contributed by atoms with Crippen molar-refractivity contribution in [2.75, 3.05) is 38.1 Å². The van der Waals surface area contributed by atoms with Crippen LogP contribution in [-0.2, 0) is 25.6 Å². The summed E-state index contributed by atoms with van der Waals surface area (Å²) in [5.41, 5.74) is 6.41. The average Bonchev–Trinajstić information content (AvgIpc) is 2.89. The second kappa shape index (κ2) is 13.6. The second-order valence-electron chi connectivity index (χ2n) is 8.98. The Balaban J connectivity index is 1.94. The first-order chi connectivity index (χ1) is 19.8. The summed E-state index contributed by atoms with van der Waals surface area (Å²) in [4.78, 5) is 74.2. The fourth-order valence-electron chi connectivity index (χ4n) is 4.09. The van der Waals surface area contributed by atoms with Gasteiger partial charge < -0.3 is 45.6 Å². The molecule has 2 aromatic rings. The van der Waals surface area contributed by atoms with Gasteiger partial charge >= 0.3 is 23.9 Å². The van der Waals surface area contributed by atoms with Crippen LogP contribution in [0.2, 0.25) is 0 Å². The molecule has 2 aromatic carbocycles. The average molecular weight is 586 g/mol. The summed E-state index contributed by atoms with van der Waals surface area (Å²) in [7, 11) is 0. The summed E-state index contributed by atoms with van der Waals surface area (Å²) in [5, 5.41) is 37.5. The molecular formula is C26H27N5O11. The number of nitrogens with two attached hydrogens (primary N) is 1. The molecule has 0 fully saturated rings. The first-order valence-electron chi connectivity index (χ1n) is 12.3. The van der Waals surface area contributed by atoms with E-state index < -0.39 is 61.9 Å². The van der Waals surface area contributed by atoms with E-state index in [0.717, 1.165) is 0 Å². The van der Waals surface area contributed by atoms with E-state index >= 15 is 0 Å². The number of benzene rings is 2. The van der Waals surface area contributed by atoms with Gasteiger partial charge in [0.25, 0.3) is 5.91 Å². The summed E-state index contributed by atoms with van der Waals surface area (Å²) in [6.45, 7) is -3.91. The molecule has 0 unspecified atom stereocenters. The zero-order valence-corrected chi connectivity index (χ0v) is 22.0. The van der Waals surface area contributed by atoms with Crippen molar-refractivity contribution >= 4 is 47.3 Å². The van der Waals surface area contributed by atoms with E-state index in [0.29, 0.717) is 33.9 Å². The zero-order chi connectivity index (χ0) is 31.0. The van der Waals surface area contributed by atoms with Crippen molar-refractivity contribution in [1.29, 1.82) is 5.41 Å². The van der Waals surface area contributed by atoms with Crippen molar-refractivity contribution in [2.24, 2.45) is 5.73 Å². The Hall–Kier alpha value is -5.67. The normalized spacial score (nSPS) is 12.3. The molecule has 0 atom stereocenters. The monoisotopic (exact) mass is 585 g/mol. The van der Waals surface area contributed by atoms with Crippen LogP contribution >= 0.6 is 0 Å². The number of anilines is 1. The summed E-state index contributed by atoms with van der Waals surface area (Å²) >= 11 is 0. The van der Waals surface area contributed by atoms with E-state index in [1.165, 1.54) is 30.3 Å². The highest BCUT2D eigenvalue weighted by atomic mass is 16.6. The topological polar surface area (TPSA) is 250 Å². The molecule has 0 radical (unpaired) electrons. The van der Waals surface area contributed by atoms with Crippen LogP contribution in [-0.4, -0.2) is 99.6 Å². The van der Waals surface area contributed by atoms with Crippen molar-refractivity contribution in [3.63, 3.8) is 0 Å². The summed E-state index contributed by atoms with van der Waals surface area (Å²) < 4.78 is 11.3. The number of carboxylic acids is 3. The zero-order valence-electron chi connectivity index (χ0n) is 22.0. The highest BCUT2D eigenvalue weighted by molar-refractivity contribution is 6.02. The molecule has 0 saturated heterocycles. The van der Waals surface area contributed by atoms with Gasteiger partial charge in [-0.05, 0) is 48.7 Å². The molecule has 1 aliphatic rings. The minimum atomic E-state index is -1.51. The number of ether oxygens (including phenoxy) is 2. The molecule has 3 rings (SSSR count). The lowest BCUT2D eigenvalue weighted by Crippen LogP contribution is -2.47. The molecule has 16 nitrogen and oxygen atoms in total. The molecule has 0 aliphatic carbocycles. The Morgan fingerprint density at radius 1 is 0.929 bits per heavy atom. The number of aliphatic carboxylic acids is 3. The molecule has 0 bridgehead atoms. The van der Waals surface area contributed by atoms with E-state index in [1.807, 2.05) is 0 Å². The number of nitrogens with zero attached hydrogens (tertiary/aromatic N) is 2. The number of guanidine groups is 1. The number of carbonyl (C=O) groups is 6. The minimum absolute atomic E-state index is 0.0293. The molecule has 222 valence electrons. The first-order valence-corrected chi connectivity index (χ1v) is 12.3. The van der Waals surface area contributed by atoms with Crippen molar-refractivity contribution < 1.29 is 53.6 Å². The van der Waals surface area contributed by atoms with Crippen molar-refractivity contribution in [3.05, 3.63) is 53.1 Å². The van der Waals surface area contributed by atoms with Crippen LogP contribution in [0.5, 0.6) is 11.5 Å². The molecule has 7 N–H and O–H groups in total. The number of rotatable bonds is 10. The summed E-state index contributed by atoms with van der Waals surface area (Å²) in [6, 6.07) is 8.62. The number of esters is 1. The third-order valence-electron chi connectivity index (χ3n) is 5.80. The van der Waals surface area contributed by atoms with Crippen LogP contribution in [0.25, 0.3) is 0 Å². The molecule has 42 heavy (non-hydrogen) atoms. The van der Waals surface area contributed by atoms with Gasteiger partial charge in [0.2, 0.25) is 5.91 Å². The first kappa shape index (κ1) is 30.9. The number of hydrogen-bond donors (Lipinski definition) is 6. The lowest BCUT2D eigenvalue weighted by atomic mass is 10.0. The molecule has 2 amide bonds. The van der Waals surface area contributed by atoms with Gasteiger partial charge in [0.05, 0.1) is 17.7 Å². The van der Waals surface area contributed by atoms with Crippen molar-refractivity contribution in [3.8, 4) is 11.5 Å². The number of carboxylic acid groups (broad SMARTS) is 3.